The minimum absolute atomic E-state index is 0.162. The Morgan fingerprint density at radius 1 is 1.29 bits per heavy atom. The lowest BCUT2D eigenvalue weighted by atomic mass is 9.99. The number of aromatic amines is 1. The molecule has 0 bridgehead atoms. The molecular weight excluding hydrogens is 216 g/mol. The van der Waals surface area contributed by atoms with Gasteiger partial charge < -0.3 is 9.72 Å². The van der Waals surface area contributed by atoms with Crippen molar-refractivity contribution in [1.82, 2.24) is 9.97 Å². The third-order valence-electron chi connectivity index (χ3n) is 2.65. The molecule has 0 fully saturated rings. The standard InChI is InChI=1S/C13H14N2O2/c1-8-4-9(2)12(11(5-8)17-3)10-6-14-7-15-13(10)16/h4-7H,1-3H3,(H,14,15,16). The van der Waals surface area contributed by atoms with Crippen LogP contribution in [0.4, 0.5) is 0 Å². The maximum atomic E-state index is 11.8. The number of H-pyrrole nitrogens is 1. The summed E-state index contributed by atoms with van der Waals surface area (Å²) in [5.41, 5.74) is 3.27. The van der Waals surface area contributed by atoms with Gasteiger partial charge in [-0.1, -0.05) is 6.07 Å². The summed E-state index contributed by atoms with van der Waals surface area (Å²) < 4.78 is 5.34. The Morgan fingerprint density at radius 2 is 2.06 bits per heavy atom. The van der Waals surface area contributed by atoms with Crippen molar-refractivity contribution in [2.75, 3.05) is 7.11 Å². The fraction of sp³-hybridized carbons (Fsp3) is 0.231. The van der Waals surface area contributed by atoms with Crippen LogP contribution >= 0.6 is 0 Å². The fourth-order valence-electron chi connectivity index (χ4n) is 1.96. The smallest absolute Gasteiger partial charge is 0.258 e. The minimum Gasteiger partial charge on any atom is -0.496 e. The van der Waals surface area contributed by atoms with Crippen LogP contribution < -0.4 is 10.3 Å². The molecule has 1 aromatic carbocycles. The Morgan fingerprint density at radius 3 is 2.71 bits per heavy atom. The molecule has 1 N–H and O–H groups in total. The van der Waals surface area contributed by atoms with Gasteiger partial charge in [0.25, 0.3) is 5.56 Å². The van der Waals surface area contributed by atoms with Crippen LogP contribution in [0.25, 0.3) is 11.1 Å². The maximum Gasteiger partial charge on any atom is 0.258 e. The van der Waals surface area contributed by atoms with Crippen molar-refractivity contribution in [3.05, 3.63) is 46.1 Å². The minimum atomic E-state index is -0.162. The Balaban J connectivity index is 2.75. The molecule has 88 valence electrons. The number of aromatic nitrogens is 2. The maximum absolute atomic E-state index is 11.8. The molecule has 0 radical (unpaired) electrons. The molecule has 17 heavy (non-hydrogen) atoms. The van der Waals surface area contributed by atoms with Crippen LogP contribution in [0.3, 0.4) is 0 Å². The molecule has 0 saturated carbocycles. The molecule has 1 heterocycles. The predicted octanol–water partition coefficient (Wildman–Crippen LogP) is 2.06. The first-order valence-electron chi connectivity index (χ1n) is 5.31. The van der Waals surface area contributed by atoms with Crippen molar-refractivity contribution in [2.24, 2.45) is 0 Å². The molecule has 0 amide bonds. The highest BCUT2D eigenvalue weighted by Gasteiger charge is 2.13. The number of hydrogen-bond acceptors (Lipinski definition) is 3. The molecule has 4 nitrogen and oxygen atoms in total. The molecule has 0 aliphatic heterocycles. The van der Waals surface area contributed by atoms with Crippen LogP contribution in [0.2, 0.25) is 0 Å². The zero-order valence-electron chi connectivity index (χ0n) is 10.1. The molecule has 1 aromatic heterocycles. The molecule has 0 aliphatic rings. The van der Waals surface area contributed by atoms with Crippen molar-refractivity contribution in [3.8, 4) is 16.9 Å². The summed E-state index contributed by atoms with van der Waals surface area (Å²) in [7, 11) is 1.60. The van der Waals surface area contributed by atoms with Crippen molar-refractivity contribution < 1.29 is 4.74 Å². The van der Waals surface area contributed by atoms with Crippen molar-refractivity contribution >= 4 is 0 Å². The summed E-state index contributed by atoms with van der Waals surface area (Å²) in [4.78, 5) is 18.3. The Labute approximate surface area is 99.3 Å². The van der Waals surface area contributed by atoms with E-state index in [9.17, 15) is 4.79 Å². The highest BCUT2D eigenvalue weighted by Crippen LogP contribution is 2.31. The second kappa shape index (κ2) is 4.41. The van der Waals surface area contributed by atoms with Crippen LogP contribution in [-0.4, -0.2) is 17.1 Å². The van der Waals surface area contributed by atoms with E-state index in [4.69, 9.17) is 4.74 Å². The fourth-order valence-corrected chi connectivity index (χ4v) is 1.96. The number of methoxy groups -OCH3 is 1. The highest BCUT2D eigenvalue weighted by atomic mass is 16.5. The molecule has 4 heteroatoms. The summed E-state index contributed by atoms with van der Waals surface area (Å²) in [6.45, 7) is 3.95. The Kier molecular flexibility index (Phi) is 2.95. The summed E-state index contributed by atoms with van der Waals surface area (Å²) in [6, 6.07) is 3.93. The average Bonchev–Trinajstić information content (AvgIpc) is 2.29. The molecule has 0 atom stereocenters. The third-order valence-corrected chi connectivity index (χ3v) is 2.65. The monoisotopic (exact) mass is 230 g/mol. The Hall–Kier alpha value is -2.10. The van der Waals surface area contributed by atoms with Gasteiger partial charge in [0.05, 0.1) is 19.0 Å². The number of aryl methyl sites for hydroxylation is 2. The summed E-state index contributed by atoms with van der Waals surface area (Å²) in [5, 5.41) is 0. The van der Waals surface area contributed by atoms with Crippen molar-refractivity contribution in [2.45, 2.75) is 13.8 Å². The summed E-state index contributed by atoms with van der Waals surface area (Å²) in [5.74, 6) is 0.695. The molecule has 0 spiro atoms. The van der Waals surface area contributed by atoms with E-state index in [1.54, 1.807) is 13.3 Å². The van der Waals surface area contributed by atoms with Crippen molar-refractivity contribution in [3.63, 3.8) is 0 Å². The van der Waals surface area contributed by atoms with E-state index in [2.05, 4.69) is 9.97 Å². The first-order valence-corrected chi connectivity index (χ1v) is 5.31. The first kappa shape index (κ1) is 11.4. The van der Waals surface area contributed by atoms with Crippen LogP contribution in [0.5, 0.6) is 5.75 Å². The summed E-state index contributed by atoms with van der Waals surface area (Å²) in [6.07, 6.45) is 2.93. The second-order valence-electron chi connectivity index (χ2n) is 3.95. The highest BCUT2D eigenvalue weighted by molar-refractivity contribution is 5.73. The van der Waals surface area contributed by atoms with Gasteiger partial charge in [-0.25, -0.2) is 4.98 Å². The summed E-state index contributed by atoms with van der Waals surface area (Å²) >= 11 is 0. The van der Waals surface area contributed by atoms with Gasteiger partial charge in [-0.2, -0.15) is 0 Å². The van der Waals surface area contributed by atoms with E-state index in [1.807, 2.05) is 26.0 Å². The van der Waals surface area contributed by atoms with E-state index in [1.165, 1.54) is 6.33 Å². The van der Waals surface area contributed by atoms with E-state index in [0.717, 1.165) is 16.7 Å². The zero-order valence-corrected chi connectivity index (χ0v) is 10.1. The van der Waals surface area contributed by atoms with Crippen LogP contribution in [0.1, 0.15) is 11.1 Å². The lowest BCUT2D eigenvalue weighted by Gasteiger charge is -2.12. The number of rotatable bonds is 2. The number of benzene rings is 1. The molecule has 0 aliphatic carbocycles. The van der Waals surface area contributed by atoms with Gasteiger partial charge in [0.1, 0.15) is 5.75 Å². The topological polar surface area (TPSA) is 55.0 Å². The SMILES string of the molecule is COc1cc(C)cc(C)c1-c1cnc[nH]c1=O. The van der Waals surface area contributed by atoms with E-state index < -0.39 is 0 Å². The van der Waals surface area contributed by atoms with Gasteiger partial charge in [-0.15, -0.1) is 0 Å². The second-order valence-corrected chi connectivity index (χ2v) is 3.95. The van der Waals surface area contributed by atoms with E-state index >= 15 is 0 Å². The van der Waals surface area contributed by atoms with Gasteiger partial charge in [0.15, 0.2) is 0 Å². The molecule has 2 rings (SSSR count). The number of nitrogens with one attached hydrogen (secondary N) is 1. The van der Waals surface area contributed by atoms with Gasteiger partial charge in [-0.05, 0) is 31.0 Å². The van der Waals surface area contributed by atoms with Gasteiger partial charge in [0.2, 0.25) is 0 Å². The largest absolute Gasteiger partial charge is 0.496 e. The van der Waals surface area contributed by atoms with Crippen LogP contribution in [0, 0.1) is 13.8 Å². The normalized spacial score (nSPS) is 10.3. The zero-order chi connectivity index (χ0) is 12.4. The van der Waals surface area contributed by atoms with Gasteiger partial charge in [0, 0.05) is 11.8 Å². The van der Waals surface area contributed by atoms with Gasteiger partial charge in [-0.3, -0.25) is 4.79 Å². The van der Waals surface area contributed by atoms with E-state index in [0.29, 0.717) is 11.3 Å². The van der Waals surface area contributed by atoms with E-state index in [-0.39, 0.29) is 5.56 Å². The van der Waals surface area contributed by atoms with Gasteiger partial charge >= 0.3 is 0 Å². The van der Waals surface area contributed by atoms with Crippen molar-refractivity contribution in [1.29, 1.82) is 0 Å². The van der Waals surface area contributed by atoms with Crippen LogP contribution in [-0.2, 0) is 0 Å². The predicted molar refractivity (Wildman–Crippen MR) is 66.3 cm³/mol. The average molecular weight is 230 g/mol. The quantitative estimate of drug-likeness (QED) is 0.859. The third kappa shape index (κ3) is 2.06. The molecular formula is C13H14N2O2. The molecule has 2 aromatic rings. The number of ether oxygens (including phenoxy) is 1. The molecule has 0 unspecified atom stereocenters. The Bertz CT molecular complexity index is 603. The molecule has 0 saturated heterocycles. The van der Waals surface area contributed by atoms with Crippen LogP contribution in [0.15, 0.2) is 29.5 Å². The first-order chi connectivity index (χ1) is 8.13. The number of hydrogen-bond donors (Lipinski definition) is 1. The number of nitrogens with zero attached hydrogens (tertiary/aromatic N) is 1. The lowest BCUT2D eigenvalue weighted by molar-refractivity contribution is 0.416. The lowest BCUT2D eigenvalue weighted by Crippen LogP contribution is -2.10.